The highest BCUT2D eigenvalue weighted by Crippen LogP contribution is 2.42. The van der Waals surface area contributed by atoms with Crippen molar-refractivity contribution in [2.24, 2.45) is 0 Å². The van der Waals surface area contributed by atoms with Gasteiger partial charge in [-0.1, -0.05) is 29.8 Å². The van der Waals surface area contributed by atoms with Crippen molar-refractivity contribution in [1.82, 2.24) is 3.97 Å². The molecule has 1 aliphatic heterocycles. The van der Waals surface area contributed by atoms with Crippen LogP contribution in [-0.4, -0.2) is 25.5 Å². The molecule has 0 amide bonds. The third-order valence-corrected chi connectivity index (χ3v) is 7.32. The van der Waals surface area contributed by atoms with E-state index in [0.717, 1.165) is 19.3 Å². The monoisotopic (exact) mass is 442 g/mol. The maximum atomic E-state index is 13.9. The smallest absolute Gasteiger partial charge is 0.371 e. The summed E-state index contributed by atoms with van der Waals surface area (Å²) in [5, 5.41) is -0.146. The minimum Gasteiger partial charge on any atom is -0.371 e. The van der Waals surface area contributed by atoms with Crippen LogP contribution in [0, 0.1) is 0 Å². The maximum Gasteiger partial charge on any atom is 0.418 e. The van der Waals surface area contributed by atoms with Crippen LogP contribution in [0.3, 0.4) is 0 Å². The lowest BCUT2D eigenvalue weighted by molar-refractivity contribution is -0.136. The minimum atomic E-state index is -4.70. The molecule has 2 heterocycles. The quantitative estimate of drug-likeness (QED) is 0.534. The van der Waals surface area contributed by atoms with Gasteiger partial charge in [0, 0.05) is 30.4 Å². The highest BCUT2D eigenvalue weighted by Gasteiger charge is 2.38. The van der Waals surface area contributed by atoms with Crippen molar-refractivity contribution in [2.45, 2.75) is 30.3 Å². The van der Waals surface area contributed by atoms with Gasteiger partial charge in [-0.2, -0.15) is 13.2 Å². The molecule has 9 heteroatoms. The second kappa shape index (κ2) is 7.25. The first kappa shape index (κ1) is 20.1. The molecule has 1 fully saturated rings. The molecule has 0 unspecified atom stereocenters. The van der Waals surface area contributed by atoms with Crippen molar-refractivity contribution >= 4 is 38.2 Å². The summed E-state index contributed by atoms with van der Waals surface area (Å²) in [6.45, 7) is 1.28. The van der Waals surface area contributed by atoms with Crippen LogP contribution in [-0.2, 0) is 16.2 Å². The summed E-state index contributed by atoms with van der Waals surface area (Å²) in [4.78, 5) is 1.66. The average molecular weight is 443 g/mol. The van der Waals surface area contributed by atoms with E-state index in [9.17, 15) is 21.6 Å². The highest BCUT2D eigenvalue weighted by atomic mass is 35.5. The first-order chi connectivity index (χ1) is 13.7. The van der Waals surface area contributed by atoms with E-state index in [4.69, 9.17) is 11.6 Å². The Balaban J connectivity index is 2.01. The standard InChI is InChI=1S/C20H18ClF3N2O2S/c21-15-7-2-3-10-18(15)29(27,28)26-13-14(20(22,23)24)19-16(8-6-9-17(19)26)25-11-4-1-5-12-25/h2-3,6-10,13H,1,4-5,11-12H2. The van der Waals surface area contributed by atoms with Crippen molar-refractivity contribution in [2.75, 3.05) is 18.0 Å². The van der Waals surface area contributed by atoms with Crippen LogP contribution in [0.5, 0.6) is 0 Å². The lowest BCUT2D eigenvalue weighted by Crippen LogP contribution is -2.29. The number of fused-ring (bicyclic) bond motifs is 1. The van der Waals surface area contributed by atoms with Gasteiger partial charge in [-0.05, 0) is 43.5 Å². The fourth-order valence-electron chi connectivity index (χ4n) is 3.81. The van der Waals surface area contributed by atoms with Crippen molar-refractivity contribution in [1.29, 1.82) is 0 Å². The van der Waals surface area contributed by atoms with Gasteiger partial charge in [-0.15, -0.1) is 0 Å². The van der Waals surface area contributed by atoms with Gasteiger partial charge in [0.1, 0.15) is 4.90 Å². The molecule has 0 spiro atoms. The molecule has 0 radical (unpaired) electrons. The zero-order valence-electron chi connectivity index (χ0n) is 15.3. The van der Waals surface area contributed by atoms with Crippen LogP contribution < -0.4 is 4.90 Å². The third-order valence-electron chi connectivity index (χ3n) is 5.15. The Morgan fingerprint density at radius 1 is 0.931 bits per heavy atom. The van der Waals surface area contributed by atoms with Crippen LogP contribution in [0.1, 0.15) is 24.8 Å². The number of hydrogen-bond donors (Lipinski definition) is 0. The first-order valence-electron chi connectivity index (χ1n) is 9.17. The number of anilines is 1. The molecule has 0 saturated carbocycles. The van der Waals surface area contributed by atoms with E-state index >= 15 is 0 Å². The van der Waals surface area contributed by atoms with E-state index in [1.165, 1.54) is 24.3 Å². The number of aromatic nitrogens is 1. The Hall–Kier alpha value is -2.19. The summed E-state index contributed by atoms with van der Waals surface area (Å²) in [5.74, 6) is 0. The van der Waals surface area contributed by atoms with Crippen molar-refractivity contribution in [3.05, 3.63) is 59.2 Å². The van der Waals surface area contributed by atoms with E-state index in [0.29, 0.717) is 28.9 Å². The fraction of sp³-hybridized carbons (Fsp3) is 0.300. The van der Waals surface area contributed by atoms with Gasteiger partial charge in [0.25, 0.3) is 10.0 Å². The summed E-state index contributed by atoms with van der Waals surface area (Å²) in [6.07, 6.45) is -1.24. The Morgan fingerprint density at radius 2 is 1.62 bits per heavy atom. The number of rotatable bonds is 3. The summed E-state index contributed by atoms with van der Waals surface area (Å²) in [6, 6.07) is 10.3. The van der Waals surface area contributed by atoms with E-state index in [2.05, 4.69) is 0 Å². The molecule has 0 atom stereocenters. The Morgan fingerprint density at radius 3 is 2.28 bits per heavy atom. The van der Waals surface area contributed by atoms with Crippen molar-refractivity contribution in [3.8, 4) is 0 Å². The van der Waals surface area contributed by atoms with Gasteiger partial charge < -0.3 is 4.90 Å². The summed E-state index contributed by atoms with van der Waals surface area (Å²) < 4.78 is 68.8. The topological polar surface area (TPSA) is 42.3 Å². The van der Waals surface area contributed by atoms with Crippen LogP contribution in [0.4, 0.5) is 18.9 Å². The Bertz CT molecular complexity index is 1170. The number of nitrogens with zero attached hydrogens (tertiary/aromatic N) is 2. The summed E-state index contributed by atoms with van der Waals surface area (Å²) in [7, 11) is -4.32. The van der Waals surface area contributed by atoms with E-state index in [1.54, 1.807) is 18.2 Å². The molecular weight excluding hydrogens is 425 g/mol. The van der Waals surface area contributed by atoms with E-state index in [1.807, 2.05) is 4.90 Å². The number of benzene rings is 2. The molecule has 154 valence electrons. The van der Waals surface area contributed by atoms with Crippen LogP contribution in [0.15, 0.2) is 53.6 Å². The molecule has 1 aliphatic rings. The molecule has 3 aromatic rings. The van der Waals surface area contributed by atoms with Crippen LogP contribution in [0.25, 0.3) is 10.9 Å². The zero-order chi connectivity index (χ0) is 20.8. The highest BCUT2D eigenvalue weighted by molar-refractivity contribution is 7.90. The second-order valence-corrected chi connectivity index (χ2v) is 9.18. The van der Waals surface area contributed by atoms with Crippen LogP contribution >= 0.6 is 11.6 Å². The van der Waals surface area contributed by atoms with Gasteiger partial charge >= 0.3 is 6.18 Å². The van der Waals surface area contributed by atoms with Crippen molar-refractivity contribution < 1.29 is 21.6 Å². The predicted octanol–water partition coefficient (Wildman–Crippen LogP) is 5.54. The number of piperidine rings is 1. The Labute approximate surface area is 171 Å². The lowest BCUT2D eigenvalue weighted by Gasteiger charge is -2.30. The molecular formula is C20H18ClF3N2O2S. The van der Waals surface area contributed by atoms with E-state index in [-0.39, 0.29) is 20.8 Å². The number of hydrogen-bond acceptors (Lipinski definition) is 3. The van der Waals surface area contributed by atoms with Crippen LogP contribution in [0.2, 0.25) is 5.02 Å². The molecule has 4 rings (SSSR count). The van der Waals surface area contributed by atoms with Gasteiger partial charge in [-0.3, -0.25) is 0 Å². The normalized spacial score (nSPS) is 15.8. The van der Waals surface area contributed by atoms with Gasteiger partial charge in [-0.25, -0.2) is 12.4 Å². The largest absolute Gasteiger partial charge is 0.418 e. The summed E-state index contributed by atoms with van der Waals surface area (Å²) in [5.41, 5.74) is -0.577. The Kier molecular flexibility index (Phi) is 5.02. The molecule has 0 aliphatic carbocycles. The second-order valence-electron chi connectivity index (χ2n) is 6.99. The minimum absolute atomic E-state index is 0.0136. The van der Waals surface area contributed by atoms with E-state index < -0.39 is 21.8 Å². The molecule has 4 nitrogen and oxygen atoms in total. The lowest BCUT2D eigenvalue weighted by atomic mass is 10.1. The molecule has 29 heavy (non-hydrogen) atoms. The molecule has 0 bridgehead atoms. The zero-order valence-corrected chi connectivity index (χ0v) is 16.9. The fourth-order valence-corrected chi connectivity index (χ4v) is 5.67. The number of halogens is 4. The summed E-state index contributed by atoms with van der Waals surface area (Å²) >= 11 is 6.04. The molecule has 1 aromatic heterocycles. The average Bonchev–Trinajstić information content (AvgIpc) is 3.10. The third kappa shape index (κ3) is 3.48. The number of alkyl halides is 3. The molecule has 1 saturated heterocycles. The molecule has 0 N–H and O–H groups in total. The van der Waals surface area contributed by atoms with Gasteiger partial charge in [0.2, 0.25) is 0 Å². The van der Waals surface area contributed by atoms with Crippen molar-refractivity contribution in [3.63, 3.8) is 0 Å². The predicted molar refractivity (Wildman–Crippen MR) is 107 cm³/mol. The van der Waals surface area contributed by atoms with Gasteiger partial charge in [0.05, 0.1) is 16.1 Å². The molecule has 2 aromatic carbocycles. The first-order valence-corrected chi connectivity index (χ1v) is 11.0. The maximum absolute atomic E-state index is 13.9. The SMILES string of the molecule is O=S(=O)(c1ccccc1Cl)n1cc(C(F)(F)F)c2c(N3CCCCC3)cccc21. The van der Waals surface area contributed by atoms with Gasteiger partial charge in [0.15, 0.2) is 0 Å².